The first kappa shape index (κ1) is 19.0. The minimum Gasteiger partial charge on any atom is -0.485 e. The molecule has 0 radical (unpaired) electrons. The molecule has 0 fully saturated rings. The van der Waals surface area contributed by atoms with Crippen LogP contribution in [-0.2, 0) is 14.3 Å². The van der Waals surface area contributed by atoms with E-state index in [0.717, 1.165) is 10.8 Å². The maximum Gasteiger partial charge on any atom is 0.408 e. The second kappa shape index (κ2) is 9.22. The van der Waals surface area contributed by atoms with Crippen LogP contribution in [0, 0.1) is 0 Å². The molecule has 0 aliphatic heterocycles. The van der Waals surface area contributed by atoms with Gasteiger partial charge >= 0.3 is 12.1 Å². The predicted molar refractivity (Wildman–Crippen MR) is 95.2 cm³/mol. The minimum absolute atomic E-state index is 0.0493. The maximum atomic E-state index is 12.3. The Morgan fingerprint density at radius 3 is 2.62 bits per heavy atom. The van der Waals surface area contributed by atoms with E-state index in [1.165, 1.54) is 6.08 Å². The number of amides is 1. The van der Waals surface area contributed by atoms with Crippen molar-refractivity contribution in [3.63, 3.8) is 0 Å². The molecule has 1 unspecified atom stereocenters. The first-order chi connectivity index (χ1) is 12.5. The standard InChI is InChI=1S/C19H19NO6/c1-2-10-25-19(24)20-15(11-18(22)23)16(21)12-26-17-9-5-7-13-6-3-4-8-14(13)17/h2-9,15H,1,10-12H2,(H,20,24)(H,22,23). The average molecular weight is 357 g/mol. The molecule has 0 bridgehead atoms. The van der Waals surface area contributed by atoms with E-state index in [1.54, 1.807) is 12.1 Å². The Balaban J connectivity index is 2.04. The molecule has 1 atom stereocenters. The maximum absolute atomic E-state index is 12.3. The number of carboxylic acids is 1. The van der Waals surface area contributed by atoms with E-state index in [9.17, 15) is 14.4 Å². The molecule has 26 heavy (non-hydrogen) atoms. The van der Waals surface area contributed by atoms with Gasteiger partial charge in [0.05, 0.1) is 6.42 Å². The number of carbonyl (C=O) groups is 3. The number of ether oxygens (including phenoxy) is 2. The summed E-state index contributed by atoms with van der Waals surface area (Å²) in [5.74, 6) is -1.30. The molecule has 0 aliphatic carbocycles. The lowest BCUT2D eigenvalue weighted by atomic mass is 10.1. The highest BCUT2D eigenvalue weighted by Crippen LogP contribution is 2.25. The molecule has 2 aromatic rings. The summed E-state index contributed by atoms with van der Waals surface area (Å²) < 4.78 is 10.3. The molecule has 1 amide bonds. The molecule has 2 aromatic carbocycles. The monoisotopic (exact) mass is 357 g/mol. The summed E-state index contributed by atoms with van der Waals surface area (Å²) in [7, 11) is 0. The Morgan fingerprint density at radius 2 is 1.88 bits per heavy atom. The van der Waals surface area contributed by atoms with Gasteiger partial charge in [-0.15, -0.1) is 0 Å². The number of carboxylic acid groups (broad SMARTS) is 1. The molecule has 0 aromatic heterocycles. The SMILES string of the molecule is C=CCOC(=O)NC(CC(=O)O)C(=O)COc1cccc2ccccc12. The third kappa shape index (κ3) is 5.34. The van der Waals surface area contributed by atoms with E-state index < -0.39 is 30.3 Å². The van der Waals surface area contributed by atoms with Crippen molar-refractivity contribution in [3.05, 3.63) is 55.1 Å². The summed E-state index contributed by atoms with van der Waals surface area (Å²) >= 11 is 0. The van der Waals surface area contributed by atoms with Gasteiger partial charge in [-0.05, 0) is 11.5 Å². The first-order valence-electron chi connectivity index (χ1n) is 7.90. The van der Waals surface area contributed by atoms with E-state index in [1.807, 2.05) is 30.3 Å². The van der Waals surface area contributed by atoms with Crippen molar-refractivity contribution in [3.8, 4) is 5.75 Å². The molecule has 7 nitrogen and oxygen atoms in total. The number of nitrogens with one attached hydrogen (secondary N) is 1. The van der Waals surface area contributed by atoms with E-state index in [4.69, 9.17) is 14.6 Å². The summed E-state index contributed by atoms with van der Waals surface area (Å²) in [6, 6.07) is 11.7. The Hall–Kier alpha value is -3.35. The summed E-state index contributed by atoms with van der Waals surface area (Å²) in [4.78, 5) is 34.9. The van der Waals surface area contributed by atoms with Crippen LogP contribution in [0.3, 0.4) is 0 Å². The number of alkyl carbamates (subject to hydrolysis) is 1. The zero-order valence-electron chi connectivity index (χ0n) is 14.0. The van der Waals surface area contributed by atoms with Gasteiger partial charge in [0.25, 0.3) is 0 Å². The van der Waals surface area contributed by atoms with Crippen LogP contribution in [0.15, 0.2) is 55.1 Å². The largest absolute Gasteiger partial charge is 0.485 e. The normalized spacial score (nSPS) is 11.4. The van der Waals surface area contributed by atoms with E-state index in [0.29, 0.717) is 5.75 Å². The average Bonchev–Trinajstić information content (AvgIpc) is 2.63. The Labute approximate surface area is 150 Å². The van der Waals surface area contributed by atoms with Crippen LogP contribution in [-0.4, -0.2) is 42.2 Å². The number of aliphatic carboxylic acids is 1. The molecule has 136 valence electrons. The smallest absolute Gasteiger partial charge is 0.408 e. The number of benzene rings is 2. The third-order valence-electron chi connectivity index (χ3n) is 3.51. The highest BCUT2D eigenvalue weighted by molar-refractivity contribution is 5.92. The van der Waals surface area contributed by atoms with Gasteiger partial charge in [-0.3, -0.25) is 9.59 Å². The fourth-order valence-corrected chi connectivity index (χ4v) is 2.31. The molecule has 2 rings (SSSR count). The highest BCUT2D eigenvalue weighted by Gasteiger charge is 2.24. The number of hydrogen-bond donors (Lipinski definition) is 2. The van der Waals surface area contributed by atoms with Gasteiger partial charge < -0.3 is 19.9 Å². The molecule has 0 heterocycles. The fourth-order valence-electron chi connectivity index (χ4n) is 2.31. The summed E-state index contributed by atoms with van der Waals surface area (Å²) in [5, 5.41) is 13.0. The molecule has 0 aliphatic rings. The van der Waals surface area contributed by atoms with E-state index >= 15 is 0 Å². The quantitative estimate of drug-likeness (QED) is 0.669. The van der Waals surface area contributed by atoms with E-state index in [2.05, 4.69) is 11.9 Å². The van der Waals surface area contributed by atoms with Crippen LogP contribution in [0.25, 0.3) is 10.8 Å². The number of hydrogen-bond acceptors (Lipinski definition) is 5. The predicted octanol–water partition coefficient (Wildman–Crippen LogP) is 2.54. The van der Waals surface area contributed by atoms with Crippen molar-refractivity contribution in [1.82, 2.24) is 5.32 Å². The number of ketones is 1. The zero-order valence-corrected chi connectivity index (χ0v) is 14.0. The van der Waals surface area contributed by atoms with Gasteiger partial charge in [-0.1, -0.05) is 49.1 Å². The van der Waals surface area contributed by atoms with Crippen LogP contribution >= 0.6 is 0 Å². The van der Waals surface area contributed by atoms with Crippen molar-refractivity contribution in [2.75, 3.05) is 13.2 Å². The minimum atomic E-state index is -1.25. The van der Waals surface area contributed by atoms with Crippen LogP contribution in [0.4, 0.5) is 4.79 Å². The lowest BCUT2D eigenvalue weighted by molar-refractivity contribution is -0.139. The van der Waals surface area contributed by atoms with Crippen molar-refractivity contribution < 1.29 is 29.0 Å². The lowest BCUT2D eigenvalue weighted by Crippen LogP contribution is -2.44. The third-order valence-corrected chi connectivity index (χ3v) is 3.51. The van der Waals surface area contributed by atoms with Crippen molar-refractivity contribution in [2.45, 2.75) is 12.5 Å². The van der Waals surface area contributed by atoms with Gasteiger partial charge in [0.2, 0.25) is 0 Å². The second-order valence-corrected chi connectivity index (χ2v) is 5.41. The number of Topliss-reactive ketones (excluding diaryl/α,β-unsaturated/α-hetero) is 1. The van der Waals surface area contributed by atoms with Gasteiger partial charge in [-0.25, -0.2) is 4.79 Å². The molecular formula is C19H19NO6. The highest BCUT2D eigenvalue weighted by atomic mass is 16.5. The van der Waals surface area contributed by atoms with Gasteiger partial charge in [0.1, 0.15) is 25.0 Å². The van der Waals surface area contributed by atoms with Crippen LogP contribution < -0.4 is 10.1 Å². The topological polar surface area (TPSA) is 102 Å². The molecule has 7 heteroatoms. The lowest BCUT2D eigenvalue weighted by Gasteiger charge is -2.16. The van der Waals surface area contributed by atoms with Crippen molar-refractivity contribution in [1.29, 1.82) is 0 Å². The summed E-state index contributed by atoms with van der Waals surface area (Å²) in [5.41, 5.74) is 0. The van der Waals surface area contributed by atoms with E-state index in [-0.39, 0.29) is 13.2 Å². The number of fused-ring (bicyclic) bond motifs is 1. The molecule has 0 spiro atoms. The van der Waals surface area contributed by atoms with Gasteiger partial charge in [-0.2, -0.15) is 0 Å². The summed E-state index contributed by atoms with van der Waals surface area (Å²) in [6.07, 6.45) is -0.104. The van der Waals surface area contributed by atoms with Crippen molar-refractivity contribution >= 4 is 28.6 Å². The zero-order chi connectivity index (χ0) is 18.9. The summed E-state index contributed by atoms with van der Waals surface area (Å²) in [6.45, 7) is 2.97. The molecule has 0 saturated heterocycles. The van der Waals surface area contributed by atoms with Gasteiger partial charge in [0.15, 0.2) is 5.78 Å². The fraction of sp³-hybridized carbons (Fsp3) is 0.211. The van der Waals surface area contributed by atoms with Crippen LogP contribution in [0.1, 0.15) is 6.42 Å². The second-order valence-electron chi connectivity index (χ2n) is 5.41. The molecular weight excluding hydrogens is 338 g/mol. The van der Waals surface area contributed by atoms with Crippen molar-refractivity contribution in [2.24, 2.45) is 0 Å². The Morgan fingerprint density at radius 1 is 1.15 bits per heavy atom. The molecule has 0 saturated carbocycles. The Bertz CT molecular complexity index is 811. The van der Waals surface area contributed by atoms with Gasteiger partial charge in [0, 0.05) is 5.39 Å². The molecule has 2 N–H and O–H groups in total. The first-order valence-corrected chi connectivity index (χ1v) is 7.90. The Kier molecular flexibility index (Phi) is 6.73. The number of carbonyl (C=O) groups excluding carboxylic acids is 2. The van der Waals surface area contributed by atoms with Crippen LogP contribution in [0.2, 0.25) is 0 Å². The number of rotatable bonds is 9. The van der Waals surface area contributed by atoms with Crippen LogP contribution in [0.5, 0.6) is 5.75 Å².